The number of aryl methyl sites for hydroxylation is 1. The van der Waals surface area contributed by atoms with Crippen LogP contribution >= 0.6 is 0 Å². The van der Waals surface area contributed by atoms with E-state index in [0.29, 0.717) is 11.3 Å². The third-order valence-corrected chi connectivity index (χ3v) is 2.97. The number of Topliss-reactive ketones (excluding diaryl/α,β-unsaturated/α-hetero) is 1. The van der Waals surface area contributed by atoms with Crippen molar-refractivity contribution >= 4 is 11.5 Å². The van der Waals surface area contributed by atoms with Crippen LogP contribution in [0.15, 0.2) is 48.5 Å². The zero-order valence-corrected chi connectivity index (χ0v) is 11.1. The Bertz CT molecular complexity index is 595. The smallest absolute Gasteiger partial charge is 0.182 e. The number of hydrogen-bond acceptors (Lipinski definition) is 2. The summed E-state index contributed by atoms with van der Waals surface area (Å²) in [6.45, 7) is 2.18. The highest BCUT2D eigenvalue weighted by Gasteiger charge is 2.10. The summed E-state index contributed by atoms with van der Waals surface area (Å²) in [5.74, 6) is -0.275. The van der Waals surface area contributed by atoms with E-state index in [1.165, 1.54) is 12.1 Å². The molecule has 0 aromatic heterocycles. The van der Waals surface area contributed by atoms with Gasteiger partial charge in [-0.05, 0) is 31.2 Å². The van der Waals surface area contributed by atoms with Crippen LogP contribution in [0.4, 0.5) is 10.1 Å². The van der Waals surface area contributed by atoms with Gasteiger partial charge in [0.05, 0.1) is 6.54 Å². The Morgan fingerprint density at radius 3 is 2.58 bits per heavy atom. The fourth-order valence-corrected chi connectivity index (χ4v) is 1.93. The minimum atomic E-state index is -0.299. The first-order valence-electron chi connectivity index (χ1n) is 6.13. The van der Waals surface area contributed by atoms with Crippen LogP contribution in [-0.2, 0) is 0 Å². The second-order valence-corrected chi connectivity index (χ2v) is 4.63. The van der Waals surface area contributed by atoms with Gasteiger partial charge in [-0.3, -0.25) is 4.79 Å². The molecule has 0 amide bonds. The molecule has 2 aromatic rings. The third-order valence-electron chi connectivity index (χ3n) is 2.97. The quantitative estimate of drug-likeness (QED) is 0.782. The molecule has 0 aliphatic rings. The van der Waals surface area contributed by atoms with Crippen molar-refractivity contribution in [1.29, 1.82) is 0 Å². The fourth-order valence-electron chi connectivity index (χ4n) is 1.93. The van der Waals surface area contributed by atoms with Crippen LogP contribution in [0.1, 0.15) is 15.9 Å². The van der Waals surface area contributed by atoms with Gasteiger partial charge in [0.2, 0.25) is 0 Å². The summed E-state index contributed by atoms with van der Waals surface area (Å²) in [7, 11) is 1.78. The number of benzene rings is 2. The van der Waals surface area contributed by atoms with Crippen LogP contribution in [0, 0.1) is 12.7 Å². The average molecular weight is 257 g/mol. The zero-order chi connectivity index (χ0) is 13.8. The number of carbonyl (C=O) groups excluding carboxylic acids is 1. The van der Waals surface area contributed by atoms with E-state index < -0.39 is 0 Å². The first-order valence-corrected chi connectivity index (χ1v) is 6.13. The molecular weight excluding hydrogens is 241 g/mol. The molecule has 0 heterocycles. The monoisotopic (exact) mass is 257 g/mol. The molecule has 0 N–H and O–H groups in total. The van der Waals surface area contributed by atoms with E-state index in [-0.39, 0.29) is 18.1 Å². The Morgan fingerprint density at radius 2 is 1.89 bits per heavy atom. The second-order valence-electron chi connectivity index (χ2n) is 4.63. The summed E-state index contributed by atoms with van der Waals surface area (Å²) in [5.41, 5.74) is 2.43. The van der Waals surface area contributed by atoms with Crippen molar-refractivity contribution in [2.24, 2.45) is 0 Å². The van der Waals surface area contributed by atoms with Crippen molar-refractivity contribution in [1.82, 2.24) is 0 Å². The lowest BCUT2D eigenvalue weighted by molar-refractivity contribution is 0.1000. The highest BCUT2D eigenvalue weighted by atomic mass is 19.1. The van der Waals surface area contributed by atoms with E-state index in [2.05, 4.69) is 0 Å². The van der Waals surface area contributed by atoms with Gasteiger partial charge in [-0.1, -0.05) is 29.8 Å². The van der Waals surface area contributed by atoms with Crippen LogP contribution in [0.25, 0.3) is 0 Å². The molecule has 2 rings (SSSR count). The molecule has 2 nitrogen and oxygen atoms in total. The van der Waals surface area contributed by atoms with Crippen molar-refractivity contribution < 1.29 is 9.18 Å². The van der Waals surface area contributed by atoms with Gasteiger partial charge in [-0.25, -0.2) is 4.39 Å². The van der Waals surface area contributed by atoms with E-state index >= 15 is 0 Å². The molecule has 0 saturated carbocycles. The lowest BCUT2D eigenvalue weighted by Gasteiger charge is -2.18. The Labute approximate surface area is 112 Å². The maximum atomic E-state index is 13.1. The van der Waals surface area contributed by atoms with Crippen molar-refractivity contribution in [3.63, 3.8) is 0 Å². The highest BCUT2D eigenvalue weighted by Crippen LogP contribution is 2.14. The standard InChI is InChI=1S/C16H16FNO/c1-12-5-3-6-13(9-12)16(19)11-18(2)15-8-4-7-14(17)10-15/h3-10H,11H2,1-2H3. The molecule has 3 heteroatoms. The van der Waals surface area contributed by atoms with Gasteiger partial charge in [0.1, 0.15) is 5.82 Å². The van der Waals surface area contributed by atoms with E-state index in [4.69, 9.17) is 0 Å². The fraction of sp³-hybridized carbons (Fsp3) is 0.188. The minimum Gasteiger partial charge on any atom is -0.367 e. The summed E-state index contributed by atoms with van der Waals surface area (Å²) in [6.07, 6.45) is 0. The highest BCUT2D eigenvalue weighted by molar-refractivity contribution is 5.99. The summed E-state index contributed by atoms with van der Waals surface area (Å²) in [6, 6.07) is 13.7. The Hall–Kier alpha value is -2.16. The van der Waals surface area contributed by atoms with Gasteiger partial charge in [-0.2, -0.15) is 0 Å². The van der Waals surface area contributed by atoms with Crippen LogP contribution in [0.2, 0.25) is 0 Å². The third kappa shape index (κ3) is 3.41. The van der Waals surface area contributed by atoms with E-state index in [9.17, 15) is 9.18 Å². The Balaban J connectivity index is 2.11. The van der Waals surface area contributed by atoms with Crippen molar-refractivity contribution in [3.8, 4) is 0 Å². The SMILES string of the molecule is Cc1cccc(C(=O)CN(C)c2cccc(F)c2)c1. The average Bonchev–Trinajstić information content (AvgIpc) is 2.38. The summed E-state index contributed by atoms with van der Waals surface area (Å²) < 4.78 is 13.1. The molecule has 0 saturated heterocycles. The molecular formula is C16H16FNO. The van der Waals surface area contributed by atoms with Gasteiger partial charge >= 0.3 is 0 Å². The Kier molecular flexibility index (Phi) is 3.95. The number of likely N-dealkylation sites (N-methyl/N-ethyl adjacent to an activating group) is 1. The maximum absolute atomic E-state index is 13.1. The molecule has 0 radical (unpaired) electrons. The number of carbonyl (C=O) groups is 1. The topological polar surface area (TPSA) is 20.3 Å². The first-order chi connectivity index (χ1) is 9.06. The number of nitrogens with zero attached hydrogens (tertiary/aromatic N) is 1. The summed E-state index contributed by atoms with van der Waals surface area (Å²) in [4.78, 5) is 13.9. The van der Waals surface area contributed by atoms with Crippen LogP contribution in [0.5, 0.6) is 0 Å². The molecule has 0 bridgehead atoms. The predicted molar refractivity (Wildman–Crippen MR) is 75.2 cm³/mol. The van der Waals surface area contributed by atoms with Gasteiger partial charge in [-0.15, -0.1) is 0 Å². The second kappa shape index (κ2) is 5.65. The van der Waals surface area contributed by atoms with Crippen LogP contribution in [0.3, 0.4) is 0 Å². The lowest BCUT2D eigenvalue weighted by atomic mass is 10.1. The molecule has 2 aromatic carbocycles. The minimum absolute atomic E-state index is 0.0236. The number of rotatable bonds is 4. The molecule has 0 spiro atoms. The normalized spacial score (nSPS) is 10.3. The van der Waals surface area contributed by atoms with E-state index in [0.717, 1.165) is 5.56 Å². The van der Waals surface area contributed by atoms with Gasteiger partial charge in [0, 0.05) is 18.3 Å². The lowest BCUT2D eigenvalue weighted by Crippen LogP contribution is -2.25. The first kappa shape index (κ1) is 13.3. The summed E-state index contributed by atoms with van der Waals surface area (Å²) >= 11 is 0. The molecule has 98 valence electrons. The van der Waals surface area contributed by atoms with Crippen LogP contribution < -0.4 is 4.90 Å². The molecule has 0 unspecified atom stereocenters. The number of ketones is 1. The van der Waals surface area contributed by atoms with Gasteiger partial charge in [0.15, 0.2) is 5.78 Å². The van der Waals surface area contributed by atoms with Crippen molar-refractivity contribution in [2.45, 2.75) is 6.92 Å². The van der Waals surface area contributed by atoms with Crippen molar-refractivity contribution in [3.05, 3.63) is 65.5 Å². The molecule has 0 aliphatic heterocycles. The van der Waals surface area contributed by atoms with Crippen molar-refractivity contribution in [2.75, 3.05) is 18.5 Å². The zero-order valence-electron chi connectivity index (χ0n) is 11.1. The number of halogens is 1. The number of anilines is 1. The van der Waals surface area contributed by atoms with E-state index in [1.807, 2.05) is 25.1 Å². The maximum Gasteiger partial charge on any atom is 0.182 e. The van der Waals surface area contributed by atoms with E-state index in [1.54, 1.807) is 30.1 Å². The largest absolute Gasteiger partial charge is 0.367 e. The molecule has 0 atom stereocenters. The molecule has 0 fully saturated rings. The molecule has 0 aliphatic carbocycles. The summed E-state index contributed by atoms with van der Waals surface area (Å²) in [5, 5.41) is 0. The Morgan fingerprint density at radius 1 is 1.16 bits per heavy atom. The van der Waals surface area contributed by atoms with Crippen LogP contribution in [-0.4, -0.2) is 19.4 Å². The molecule has 19 heavy (non-hydrogen) atoms. The predicted octanol–water partition coefficient (Wildman–Crippen LogP) is 3.45. The van der Waals surface area contributed by atoms with Gasteiger partial charge in [0.25, 0.3) is 0 Å². The van der Waals surface area contributed by atoms with Gasteiger partial charge < -0.3 is 4.90 Å². The number of hydrogen-bond donors (Lipinski definition) is 0.